The summed E-state index contributed by atoms with van der Waals surface area (Å²) in [5, 5.41) is 0.835. The number of amidine groups is 1. The van der Waals surface area contributed by atoms with E-state index in [-0.39, 0.29) is 11.3 Å². The van der Waals surface area contributed by atoms with Gasteiger partial charge in [-0.2, -0.15) is 0 Å². The van der Waals surface area contributed by atoms with Crippen LogP contribution in [0, 0.1) is 0 Å². The third-order valence-electron chi connectivity index (χ3n) is 3.38. The first kappa shape index (κ1) is 15.6. The molecule has 0 heterocycles. The quantitative estimate of drug-likeness (QED) is 0.646. The number of rotatable bonds is 5. The Morgan fingerprint density at radius 3 is 1.90 bits per heavy atom. The Morgan fingerprint density at radius 2 is 1.48 bits per heavy atom. The fourth-order valence-corrected chi connectivity index (χ4v) is 3.11. The number of thioether (sulfide) groups is 1. The molecule has 0 radical (unpaired) electrons. The summed E-state index contributed by atoms with van der Waals surface area (Å²) < 4.78 is 0. The maximum atomic E-state index is 6.14. The molecule has 1 atom stereocenters. The summed E-state index contributed by atoms with van der Waals surface area (Å²) in [5.74, 6) is 0. The molecule has 21 heavy (non-hydrogen) atoms. The summed E-state index contributed by atoms with van der Waals surface area (Å²) in [4.78, 5) is 4.54. The molecule has 2 aromatic rings. The maximum absolute atomic E-state index is 6.14. The molecule has 0 aromatic heterocycles. The van der Waals surface area contributed by atoms with E-state index in [1.54, 1.807) is 11.8 Å². The van der Waals surface area contributed by atoms with Crippen molar-refractivity contribution < 1.29 is 0 Å². The standard InChI is InChI=1S/C18H22N2S/c1-3-14(2)20-18(19)21-17(15-10-6-4-7-11-15)16-12-8-5-9-13-16/h4-14,17H,3H2,1-2H3,(H2,19,20)/t14-/m1/s1. The fourth-order valence-electron chi connectivity index (χ4n) is 2.04. The summed E-state index contributed by atoms with van der Waals surface area (Å²) in [6.45, 7) is 4.21. The first-order valence-corrected chi connectivity index (χ1v) is 8.18. The molecule has 0 spiro atoms. The maximum Gasteiger partial charge on any atom is 0.155 e. The molecule has 110 valence electrons. The second kappa shape index (κ2) is 7.89. The van der Waals surface area contributed by atoms with Gasteiger partial charge < -0.3 is 5.73 Å². The minimum Gasteiger partial charge on any atom is -0.379 e. The molecule has 2 nitrogen and oxygen atoms in total. The van der Waals surface area contributed by atoms with Crippen LogP contribution in [-0.2, 0) is 0 Å². The van der Waals surface area contributed by atoms with E-state index in [2.05, 4.69) is 67.4 Å². The van der Waals surface area contributed by atoms with Crippen molar-refractivity contribution in [1.29, 1.82) is 0 Å². The van der Waals surface area contributed by atoms with E-state index in [0.717, 1.165) is 6.42 Å². The first-order valence-electron chi connectivity index (χ1n) is 7.30. The van der Waals surface area contributed by atoms with E-state index in [1.807, 2.05) is 12.1 Å². The molecule has 2 N–H and O–H groups in total. The van der Waals surface area contributed by atoms with Crippen LogP contribution in [0.15, 0.2) is 65.7 Å². The van der Waals surface area contributed by atoms with Crippen LogP contribution < -0.4 is 5.73 Å². The lowest BCUT2D eigenvalue weighted by Crippen LogP contribution is -2.13. The molecule has 0 amide bonds. The molecule has 0 bridgehead atoms. The molecule has 2 aromatic carbocycles. The van der Waals surface area contributed by atoms with Gasteiger partial charge in [0.15, 0.2) is 5.17 Å². The van der Waals surface area contributed by atoms with E-state index in [4.69, 9.17) is 5.73 Å². The van der Waals surface area contributed by atoms with E-state index in [1.165, 1.54) is 11.1 Å². The second-order valence-corrected chi connectivity index (χ2v) is 6.17. The smallest absolute Gasteiger partial charge is 0.155 e. The van der Waals surface area contributed by atoms with E-state index < -0.39 is 0 Å². The zero-order valence-corrected chi connectivity index (χ0v) is 13.4. The van der Waals surface area contributed by atoms with Crippen LogP contribution in [0.1, 0.15) is 36.6 Å². The Labute approximate surface area is 131 Å². The number of nitrogens with two attached hydrogens (primary N) is 1. The SMILES string of the molecule is CC[C@@H](C)N=C(N)SC(c1ccccc1)c1ccccc1. The zero-order valence-electron chi connectivity index (χ0n) is 12.6. The molecular formula is C18H22N2S. The minimum absolute atomic E-state index is 0.181. The highest BCUT2D eigenvalue weighted by atomic mass is 32.2. The number of hydrogen-bond donors (Lipinski definition) is 1. The van der Waals surface area contributed by atoms with Crippen molar-refractivity contribution in [2.45, 2.75) is 31.6 Å². The van der Waals surface area contributed by atoms with Gasteiger partial charge in [0.05, 0.1) is 5.25 Å². The summed E-state index contributed by atoms with van der Waals surface area (Å²) in [7, 11) is 0. The second-order valence-electron chi connectivity index (χ2n) is 5.04. The average Bonchev–Trinajstić information content (AvgIpc) is 2.54. The topological polar surface area (TPSA) is 38.4 Å². The Bertz CT molecular complexity index is 527. The van der Waals surface area contributed by atoms with Gasteiger partial charge in [0, 0.05) is 6.04 Å². The van der Waals surface area contributed by atoms with E-state index in [9.17, 15) is 0 Å². The molecule has 0 aliphatic rings. The lowest BCUT2D eigenvalue weighted by atomic mass is 10.0. The predicted molar refractivity (Wildman–Crippen MR) is 93.7 cm³/mol. The van der Waals surface area contributed by atoms with Crippen molar-refractivity contribution in [3.05, 3.63) is 71.8 Å². The van der Waals surface area contributed by atoms with E-state index >= 15 is 0 Å². The highest BCUT2D eigenvalue weighted by molar-refractivity contribution is 8.14. The molecule has 0 aliphatic heterocycles. The number of benzene rings is 2. The van der Waals surface area contributed by atoms with Crippen LogP contribution in [0.4, 0.5) is 0 Å². The average molecular weight is 298 g/mol. The van der Waals surface area contributed by atoms with Gasteiger partial charge in [0.2, 0.25) is 0 Å². The normalized spacial score (nSPS) is 13.4. The highest BCUT2D eigenvalue weighted by Gasteiger charge is 2.16. The van der Waals surface area contributed by atoms with Crippen molar-refractivity contribution in [3.63, 3.8) is 0 Å². The van der Waals surface area contributed by atoms with Crippen LogP contribution in [0.25, 0.3) is 0 Å². The molecule has 0 aliphatic carbocycles. The molecule has 0 unspecified atom stereocenters. The lowest BCUT2D eigenvalue weighted by molar-refractivity contribution is 0.718. The summed E-state index contributed by atoms with van der Waals surface area (Å²) in [6, 6.07) is 21.2. The Balaban J connectivity index is 2.28. The molecule has 2 rings (SSSR count). The van der Waals surface area contributed by atoms with Gasteiger partial charge in [0.25, 0.3) is 0 Å². The van der Waals surface area contributed by atoms with Gasteiger partial charge >= 0.3 is 0 Å². The summed E-state index contributed by atoms with van der Waals surface area (Å²) in [6.07, 6.45) is 1.00. The number of aliphatic imine (C=N–C) groups is 1. The van der Waals surface area contributed by atoms with Crippen LogP contribution in [0.5, 0.6) is 0 Å². The molecule has 0 saturated carbocycles. The third-order valence-corrected chi connectivity index (χ3v) is 4.51. The van der Waals surface area contributed by atoms with Gasteiger partial charge in [-0.1, -0.05) is 79.3 Å². The Hall–Kier alpha value is -1.74. The van der Waals surface area contributed by atoms with Crippen molar-refractivity contribution in [1.82, 2.24) is 0 Å². The van der Waals surface area contributed by atoms with Crippen LogP contribution >= 0.6 is 11.8 Å². The van der Waals surface area contributed by atoms with Crippen molar-refractivity contribution in [2.24, 2.45) is 10.7 Å². The van der Waals surface area contributed by atoms with Gasteiger partial charge in [-0.3, -0.25) is 4.99 Å². The zero-order chi connectivity index (χ0) is 15.1. The molecule has 0 fully saturated rings. The van der Waals surface area contributed by atoms with E-state index in [0.29, 0.717) is 5.17 Å². The minimum atomic E-state index is 0.181. The molecule has 0 saturated heterocycles. The Kier molecular flexibility index (Phi) is 5.88. The number of hydrogen-bond acceptors (Lipinski definition) is 2. The highest BCUT2D eigenvalue weighted by Crippen LogP contribution is 2.35. The largest absolute Gasteiger partial charge is 0.379 e. The van der Waals surface area contributed by atoms with Crippen molar-refractivity contribution >= 4 is 16.9 Å². The molecular weight excluding hydrogens is 276 g/mol. The monoisotopic (exact) mass is 298 g/mol. The van der Waals surface area contributed by atoms with Crippen molar-refractivity contribution in [3.8, 4) is 0 Å². The van der Waals surface area contributed by atoms with Crippen LogP contribution in [0.2, 0.25) is 0 Å². The van der Waals surface area contributed by atoms with Crippen LogP contribution in [0.3, 0.4) is 0 Å². The Morgan fingerprint density at radius 1 is 1.00 bits per heavy atom. The number of nitrogens with zero attached hydrogens (tertiary/aromatic N) is 1. The van der Waals surface area contributed by atoms with Gasteiger partial charge in [-0.15, -0.1) is 0 Å². The molecule has 3 heteroatoms. The third kappa shape index (κ3) is 4.64. The van der Waals surface area contributed by atoms with Gasteiger partial charge in [0.1, 0.15) is 0 Å². The summed E-state index contributed by atoms with van der Waals surface area (Å²) >= 11 is 1.62. The predicted octanol–water partition coefficient (Wildman–Crippen LogP) is 4.62. The van der Waals surface area contributed by atoms with Gasteiger partial charge in [-0.05, 0) is 24.5 Å². The van der Waals surface area contributed by atoms with Crippen LogP contribution in [-0.4, -0.2) is 11.2 Å². The summed E-state index contributed by atoms with van der Waals surface area (Å²) in [5.41, 5.74) is 8.63. The fraction of sp³-hybridized carbons (Fsp3) is 0.278. The lowest BCUT2D eigenvalue weighted by Gasteiger charge is -2.17. The first-order chi connectivity index (χ1) is 10.2. The van der Waals surface area contributed by atoms with Crippen molar-refractivity contribution in [2.75, 3.05) is 0 Å². The van der Waals surface area contributed by atoms with Gasteiger partial charge in [-0.25, -0.2) is 0 Å².